The Morgan fingerprint density at radius 3 is 2.63 bits per heavy atom. The monoisotopic (exact) mass is 365 g/mol. The van der Waals surface area contributed by atoms with Gasteiger partial charge in [0.2, 0.25) is 5.91 Å². The highest BCUT2D eigenvalue weighted by Crippen LogP contribution is 2.33. The van der Waals surface area contributed by atoms with E-state index in [0.717, 1.165) is 38.2 Å². The fourth-order valence-electron chi connectivity index (χ4n) is 4.35. The Kier molecular flexibility index (Phi) is 4.89. The second kappa shape index (κ2) is 7.33. The fourth-order valence-corrected chi connectivity index (χ4v) is 4.35. The van der Waals surface area contributed by atoms with Crippen LogP contribution in [-0.2, 0) is 16.1 Å². The van der Waals surface area contributed by atoms with E-state index in [4.69, 9.17) is 4.74 Å². The third kappa shape index (κ3) is 3.11. The van der Waals surface area contributed by atoms with Crippen LogP contribution in [0, 0.1) is 5.41 Å². The molecule has 0 aliphatic carbocycles. The first-order chi connectivity index (χ1) is 13.2. The van der Waals surface area contributed by atoms with Crippen molar-refractivity contribution in [3.8, 4) is 0 Å². The summed E-state index contributed by atoms with van der Waals surface area (Å²) in [6, 6.07) is 14.7. The molecular formula is C22H27N3O2. The Morgan fingerprint density at radius 1 is 1.15 bits per heavy atom. The molecule has 1 saturated heterocycles. The van der Waals surface area contributed by atoms with Crippen molar-refractivity contribution in [3.63, 3.8) is 0 Å². The number of aromatic nitrogens is 1. The van der Waals surface area contributed by atoms with E-state index < -0.39 is 5.41 Å². The van der Waals surface area contributed by atoms with Crippen LogP contribution in [0.4, 0.5) is 5.69 Å². The molecule has 0 unspecified atom stereocenters. The Labute approximate surface area is 159 Å². The summed E-state index contributed by atoms with van der Waals surface area (Å²) in [6.45, 7) is 5.23. The summed E-state index contributed by atoms with van der Waals surface area (Å²) in [5.41, 5.74) is 2.82. The van der Waals surface area contributed by atoms with Gasteiger partial charge in [0.1, 0.15) is 0 Å². The van der Waals surface area contributed by atoms with Crippen molar-refractivity contribution in [3.05, 3.63) is 42.5 Å². The number of rotatable bonds is 5. The number of carbonyl (C=O) groups is 1. The lowest BCUT2D eigenvalue weighted by molar-refractivity contribution is -0.130. The van der Waals surface area contributed by atoms with Crippen molar-refractivity contribution in [2.24, 2.45) is 5.41 Å². The molecule has 2 aromatic carbocycles. The summed E-state index contributed by atoms with van der Waals surface area (Å²) in [6.07, 6.45) is 1.59. The van der Waals surface area contributed by atoms with Crippen molar-refractivity contribution >= 4 is 33.4 Å². The van der Waals surface area contributed by atoms with Gasteiger partial charge in [0.15, 0.2) is 0 Å². The molecule has 1 amide bonds. The van der Waals surface area contributed by atoms with Gasteiger partial charge < -0.3 is 19.9 Å². The van der Waals surface area contributed by atoms with Crippen LogP contribution in [0.3, 0.4) is 0 Å². The summed E-state index contributed by atoms with van der Waals surface area (Å²) < 4.78 is 7.71. The van der Waals surface area contributed by atoms with Gasteiger partial charge in [-0.1, -0.05) is 18.2 Å². The lowest BCUT2D eigenvalue weighted by Crippen LogP contribution is -2.47. The smallest absolute Gasteiger partial charge is 0.233 e. The Morgan fingerprint density at radius 2 is 1.89 bits per heavy atom. The van der Waals surface area contributed by atoms with Gasteiger partial charge in [0.25, 0.3) is 0 Å². The molecule has 5 nitrogen and oxygen atoms in total. The number of anilines is 1. The summed E-state index contributed by atoms with van der Waals surface area (Å²) in [5, 5.41) is 8.90. The van der Waals surface area contributed by atoms with E-state index in [9.17, 15) is 4.79 Å². The first kappa shape index (κ1) is 18.0. The van der Waals surface area contributed by atoms with Crippen LogP contribution in [0.2, 0.25) is 0 Å². The van der Waals surface area contributed by atoms with E-state index in [1.165, 1.54) is 21.8 Å². The number of aryl methyl sites for hydroxylation is 1. The predicted octanol–water partition coefficient (Wildman–Crippen LogP) is 3.77. The number of hydrogen-bond donors (Lipinski definition) is 2. The molecule has 27 heavy (non-hydrogen) atoms. The average molecular weight is 365 g/mol. The van der Waals surface area contributed by atoms with Crippen LogP contribution in [0.5, 0.6) is 0 Å². The van der Waals surface area contributed by atoms with Gasteiger partial charge in [0.05, 0.1) is 12.0 Å². The third-order valence-electron chi connectivity index (χ3n) is 5.81. The molecule has 1 aliphatic rings. The zero-order chi connectivity index (χ0) is 18.9. The van der Waals surface area contributed by atoms with E-state index in [2.05, 4.69) is 58.5 Å². The normalized spacial score (nSPS) is 16.7. The average Bonchev–Trinajstić information content (AvgIpc) is 3.02. The second-order valence-corrected chi connectivity index (χ2v) is 7.41. The maximum atomic E-state index is 13.1. The first-order valence-electron chi connectivity index (χ1n) is 9.70. The first-order valence-corrected chi connectivity index (χ1v) is 9.70. The highest BCUT2D eigenvalue weighted by Gasteiger charge is 2.39. The van der Waals surface area contributed by atoms with Crippen molar-refractivity contribution in [2.45, 2.75) is 26.3 Å². The van der Waals surface area contributed by atoms with Crippen LogP contribution in [0.15, 0.2) is 42.5 Å². The summed E-state index contributed by atoms with van der Waals surface area (Å²) in [7, 11) is 1.67. The maximum Gasteiger partial charge on any atom is 0.233 e. The molecule has 0 spiro atoms. The Bertz CT molecular complexity index is 965. The van der Waals surface area contributed by atoms with Crippen molar-refractivity contribution in [1.82, 2.24) is 9.88 Å². The van der Waals surface area contributed by atoms with Gasteiger partial charge in [-0.15, -0.1) is 0 Å². The highest BCUT2D eigenvalue weighted by atomic mass is 16.5. The van der Waals surface area contributed by atoms with Gasteiger partial charge >= 0.3 is 0 Å². The molecule has 2 heterocycles. The molecular weight excluding hydrogens is 338 g/mol. The molecule has 5 heteroatoms. The van der Waals surface area contributed by atoms with Crippen LogP contribution >= 0.6 is 0 Å². The van der Waals surface area contributed by atoms with Gasteiger partial charge in [0, 0.05) is 41.1 Å². The zero-order valence-electron chi connectivity index (χ0n) is 16.0. The minimum Gasteiger partial charge on any atom is -0.384 e. The van der Waals surface area contributed by atoms with E-state index >= 15 is 0 Å². The van der Waals surface area contributed by atoms with Crippen LogP contribution in [0.1, 0.15) is 19.8 Å². The number of methoxy groups -OCH3 is 1. The molecule has 0 atom stereocenters. The maximum absolute atomic E-state index is 13.1. The number of nitrogens with one attached hydrogen (secondary N) is 2. The number of amides is 1. The number of fused-ring (bicyclic) bond motifs is 3. The molecule has 2 N–H and O–H groups in total. The van der Waals surface area contributed by atoms with E-state index in [0.29, 0.717) is 6.61 Å². The number of piperidine rings is 1. The summed E-state index contributed by atoms with van der Waals surface area (Å²) in [5.74, 6) is 0.0597. The summed E-state index contributed by atoms with van der Waals surface area (Å²) in [4.78, 5) is 13.1. The van der Waals surface area contributed by atoms with E-state index in [-0.39, 0.29) is 5.91 Å². The van der Waals surface area contributed by atoms with Gasteiger partial charge in [-0.05, 0) is 57.1 Å². The van der Waals surface area contributed by atoms with Crippen LogP contribution in [-0.4, -0.2) is 37.3 Å². The number of benzene rings is 2. The van der Waals surface area contributed by atoms with Crippen molar-refractivity contribution < 1.29 is 9.53 Å². The molecule has 1 aliphatic heterocycles. The highest BCUT2D eigenvalue weighted by molar-refractivity contribution is 6.10. The van der Waals surface area contributed by atoms with Crippen LogP contribution < -0.4 is 10.6 Å². The molecule has 1 fully saturated rings. The molecule has 0 bridgehead atoms. The van der Waals surface area contributed by atoms with Gasteiger partial charge in [-0.2, -0.15) is 0 Å². The van der Waals surface area contributed by atoms with E-state index in [1.54, 1.807) is 7.11 Å². The van der Waals surface area contributed by atoms with Gasteiger partial charge in [-0.3, -0.25) is 4.79 Å². The van der Waals surface area contributed by atoms with Crippen LogP contribution in [0.25, 0.3) is 21.8 Å². The predicted molar refractivity (Wildman–Crippen MR) is 110 cm³/mol. The Hall–Kier alpha value is -2.37. The second-order valence-electron chi connectivity index (χ2n) is 7.41. The topological polar surface area (TPSA) is 55.3 Å². The SMILES string of the molecule is CCn1c2ccccc2c2cc(NC(=O)C3(COC)CCNCC3)ccc21. The lowest BCUT2D eigenvalue weighted by Gasteiger charge is -2.35. The Balaban J connectivity index is 1.70. The minimum absolute atomic E-state index is 0.0597. The zero-order valence-corrected chi connectivity index (χ0v) is 16.0. The fraction of sp³-hybridized carbons (Fsp3) is 0.409. The molecule has 3 aromatic rings. The summed E-state index contributed by atoms with van der Waals surface area (Å²) >= 11 is 0. The van der Waals surface area contributed by atoms with Crippen molar-refractivity contribution in [1.29, 1.82) is 0 Å². The quantitative estimate of drug-likeness (QED) is 0.724. The molecule has 4 rings (SSSR count). The number of nitrogens with zero attached hydrogens (tertiary/aromatic N) is 1. The number of ether oxygens (including phenoxy) is 1. The molecule has 0 saturated carbocycles. The van der Waals surface area contributed by atoms with E-state index in [1.807, 2.05) is 6.07 Å². The van der Waals surface area contributed by atoms with Crippen molar-refractivity contribution in [2.75, 3.05) is 32.1 Å². The number of hydrogen-bond acceptors (Lipinski definition) is 3. The number of para-hydroxylation sites is 1. The number of carbonyl (C=O) groups excluding carboxylic acids is 1. The lowest BCUT2D eigenvalue weighted by atomic mass is 9.78. The largest absolute Gasteiger partial charge is 0.384 e. The minimum atomic E-state index is -0.452. The molecule has 142 valence electrons. The standard InChI is InChI=1S/C22H27N3O2/c1-3-25-19-7-5-4-6-17(19)18-14-16(8-9-20(18)25)24-21(26)22(15-27-2)10-12-23-13-11-22/h4-9,14,23H,3,10-13,15H2,1-2H3,(H,24,26). The molecule has 0 radical (unpaired) electrons. The third-order valence-corrected chi connectivity index (χ3v) is 5.81. The molecule has 1 aromatic heterocycles. The van der Waals surface area contributed by atoms with Gasteiger partial charge in [-0.25, -0.2) is 0 Å².